The quantitative estimate of drug-likeness (QED) is 0.918. The van der Waals surface area contributed by atoms with Gasteiger partial charge in [-0.25, -0.2) is 8.78 Å². The van der Waals surface area contributed by atoms with E-state index in [2.05, 4.69) is 0 Å². The lowest BCUT2D eigenvalue weighted by Crippen LogP contribution is -2.03. The molecular weight excluding hydrogens is 248 g/mol. The first-order valence-corrected chi connectivity index (χ1v) is 5.97. The van der Waals surface area contributed by atoms with Crippen LogP contribution < -0.4 is 10.5 Å². The fourth-order valence-electron chi connectivity index (χ4n) is 1.82. The Balaban J connectivity index is 2.15. The number of rotatable bonds is 4. The van der Waals surface area contributed by atoms with Crippen LogP contribution in [0.2, 0.25) is 0 Å². The van der Waals surface area contributed by atoms with Crippen LogP contribution in [-0.4, -0.2) is 0 Å². The summed E-state index contributed by atoms with van der Waals surface area (Å²) in [6, 6.07) is 9.32. The van der Waals surface area contributed by atoms with Gasteiger partial charge >= 0.3 is 0 Å². The van der Waals surface area contributed by atoms with Gasteiger partial charge in [0, 0.05) is 6.54 Å². The Morgan fingerprint density at radius 1 is 1.11 bits per heavy atom. The van der Waals surface area contributed by atoms with Crippen molar-refractivity contribution in [2.24, 2.45) is 5.73 Å². The highest BCUT2D eigenvalue weighted by Gasteiger charge is 2.10. The van der Waals surface area contributed by atoms with E-state index in [0.717, 1.165) is 16.7 Å². The predicted octanol–water partition coefficient (Wildman–Crippen LogP) is 3.31. The minimum Gasteiger partial charge on any atom is -0.483 e. The molecule has 0 spiro atoms. The van der Waals surface area contributed by atoms with Crippen molar-refractivity contribution >= 4 is 0 Å². The summed E-state index contributed by atoms with van der Waals surface area (Å²) in [7, 11) is 0. The van der Waals surface area contributed by atoms with Crippen molar-refractivity contribution < 1.29 is 13.5 Å². The van der Waals surface area contributed by atoms with Crippen LogP contribution in [0.1, 0.15) is 16.7 Å². The van der Waals surface area contributed by atoms with Gasteiger partial charge in [-0.3, -0.25) is 0 Å². The molecule has 0 aliphatic carbocycles. The molecule has 0 fully saturated rings. The maximum atomic E-state index is 13.4. The molecule has 0 atom stereocenters. The molecule has 0 aromatic heterocycles. The zero-order chi connectivity index (χ0) is 13.8. The van der Waals surface area contributed by atoms with E-state index < -0.39 is 11.6 Å². The number of halogens is 2. The molecule has 0 radical (unpaired) electrons. The zero-order valence-electron chi connectivity index (χ0n) is 10.6. The van der Waals surface area contributed by atoms with Gasteiger partial charge < -0.3 is 10.5 Å². The topological polar surface area (TPSA) is 35.2 Å². The van der Waals surface area contributed by atoms with Crippen LogP contribution in [0.5, 0.6) is 5.75 Å². The van der Waals surface area contributed by atoms with E-state index in [4.69, 9.17) is 10.5 Å². The zero-order valence-corrected chi connectivity index (χ0v) is 10.6. The highest BCUT2D eigenvalue weighted by atomic mass is 19.1. The predicted molar refractivity (Wildman–Crippen MR) is 69.8 cm³/mol. The molecule has 2 nitrogen and oxygen atoms in total. The number of para-hydroxylation sites is 1. The Bertz CT molecular complexity index is 564. The molecule has 100 valence electrons. The van der Waals surface area contributed by atoms with Crippen molar-refractivity contribution in [3.8, 4) is 5.75 Å². The molecular formula is C15H15F2NO. The number of hydrogen-bond acceptors (Lipinski definition) is 2. The Kier molecular flexibility index (Phi) is 4.12. The molecule has 0 heterocycles. The van der Waals surface area contributed by atoms with Gasteiger partial charge in [-0.1, -0.05) is 24.3 Å². The van der Waals surface area contributed by atoms with E-state index in [1.54, 1.807) is 0 Å². The number of aryl methyl sites for hydroxylation is 1. The lowest BCUT2D eigenvalue weighted by atomic mass is 10.1. The van der Waals surface area contributed by atoms with Crippen LogP contribution in [0.15, 0.2) is 36.4 Å². The minimum atomic E-state index is -0.698. The van der Waals surface area contributed by atoms with Gasteiger partial charge in [0.1, 0.15) is 6.61 Å². The van der Waals surface area contributed by atoms with Gasteiger partial charge in [0.25, 0.3) is 0 Å². The molecule has 0 aliphatic heterocycles. The van der Waals surface area contributed by atoms with Crippen LogP contribution >= 0.6 is 0 Å². The molecule has 0 amide bonds. The van der Waals surface area contributed by atoms with Crippen molar-refractivity contribution in [1.82, 2.24) is 0 Å². The fourth-order valence-corrected chi connectivity index (χ4v) is 1.82. The van der Waals surface area contributed by atoms with Crippen molar-refractivity contribution in [1.29, 1.82) is 0 Å². The number of hydrogen-bond donors (Lipinski definition) is 1. The molecule has 0 unspecified atom stereocenters. The molecule has 2 aromatic rings. The van der Waals surface area contributed by atoms with Crippen molar-refractivity contribution in [3.63, 3.8) is 0 Å². The van der Waals surface area contributed by atoms with E-state index in [1.165, 1.54) is 18.2 Å². The van der Waals surface area contributed by atoms with E-state index in [-0.39, 0.29) is 12.4 Å². The summed E-state index contributed by atoms with van der Waals surface area (Å²) in [6.07, 6.45) is 0. The van der Waals surface area contributed by atoms with Crippen molar-refractivity contribution in [3.05, 3.63) is 64.7 Å². The molecule has 2 N–H and O–H groups in total. The first kappa shape index (κ1) is 13.5. The Labute approximate surface area is 110 Å². The average Bonchev–Trinajstić information content (AvgIpc) is 2.39. The first-order valence-electron chi connectivity index (χ1n) is 5.97. The number of ether oxygens (including phenoxy) is 1. The van der Waals surface area contributed by atoms with Crippen LogP contribution in [0.3, 0.4) is 0 Å². The average molecular weight is 263 g/mol. The summed E-state index contributed by atoms with van der Waals surface area (Å²) in [4.78, 5) is 0. The highest BCUT2D eigenvalue weighted by molar-refractivity contribution is 5.32. The molecule has 0 saturated carbocycles. The van der Waals surface area contributed by atoms with Crippen LogP contribution in [0, 0.1) is 18.6 Å². The summed E-state index contributed by atoms with van der Waals surface area (Å²) in [5, 5.41) is 0. The van der Waals surface area contributed by atoms with Crippen LogP contribution in [0.4, 0.5) is 8.78 Å². The lowest BCUT2D eigenvalue weighted by molar-refractivity contribution is 0.273. The Morgan fingerprint density at radius 3 is 2.37 bits per heavy atom. The fraction of sp³-hybridized carbons (Fsp3) is 0.200. The monoisotopic (exact) mass is 263 g/mol. The van der Waals surface area contributed by atoms with E-state index in [9.17, 15) is 8.78 Å². The summed E-state index contributed by atoms with van der Waals surface area (Å²) in [5.41, 5.74) is 8.42. The Morgan fingerprint density at radius 2 is 1.79 bits per heavy atom. The molecule has 19 heavy (non-hydrogen) atoms. The SMILES string of the molecule is Cc1cc(CN)ccc1COc1c(F)cccc1F. The molecule has 2 aromatic carbocycles. The first-order chi connectivity index (χ1) is 9.11. The lowest BCUT2D eigenvalue weighted by Gasteiger charge is -2.11. The maximum absolute atomic E-state index is 13.4. The summed E-state index contributed by atoms with van der Waals surface area (Å²) in [6.45, 7) is 2.49. The molecule has 4 heteroatoms. The third-order valence-corrected chi connectivity index (χ3v) is 2.93. The summed E-state index contributed by atoms with van der Waals surface area (Å²) in [5.74, 6) is -1.74. The maximum Gasteiger partial charge on any atom is 0.191 e. The molecule has 2 rings (SSSR count). The van der Waals surface area contributed by atoms with Crippen molar-refractivity contribution in [2.45, 2.75) is 20.1 Å². The number of benzene rings is 2. The second-order valence-corrected chi connectivity index (χ2v) is 4.30. The van der Waals surface area contributed by atoms with Gasteiger partial charge in [-0.15, -0.1) is 0 Å². The normalized spacial score (nSPS) is 10.5. The Hall–Kier alpha value is -1.94. The van der Waals surface area contributed by atoms with Gasteiger partial charge in [-0.2, -0.15) is 0 Å². The van der Waals surface area contributed by atoms with Gasteiger partial charge in [0.2, 0.25) is 0 Å². The third kappa shape index (κ3) is 3.09. The van der Waals surface area contributed by atoms with Gasteiger partial charge in [-0.05, 0) is 35.7 Å². The van der Waals surface area contributed by atoms with E-state index >= 15 is 0 Å². The largest absolute Gasteiger partial charge is 0.483 e. The number of nitrogens with two attached hydrogens (primary N) is 1. The minimum absolute atomic E-state index is 0.120. The summed E-state index contributed by atoms with van der Waals surface area (Å²) >= 11 is 0. The third-order valence-electron chi connectivity index (χ3n) is 2.93. The molecule has 0 bridgehead atoms. The summed E-state index contributed by atoms with van der Waals surface area (Å²) < 4.78 is 32.0. The van der Waals surface area contributed by atoms with Crippen molar-refractivity contribution in [2.75, 3.05) is 0 Å². The van der Waals surface area contributed by atoms with Crippen LogP contribution in [-0.2, 0) is 13.2 Å². The standard InChI is InChI=1S/C15H15F2NO/c1-10-7-11(8-18)5-6-12(10)9-19-15-13(16)3-2-4-14(15)17/h2-7H,8-9,18H2,1H3. The highest BCUT2D eigenvalue weighted by Crippen LogP contribution is 2.22. The molecule has 0 saturated heterocycles. The van der Waals surface area contributed by atoms with Gasteiger partial charge in [0.15, 0.2) is 17.4 Å². The second-order valence-electron chi connectivity index (χ2n) is 4.30. The van der Waals surface area contributed by atoms with Gasteiger partial charge in [0.05, 0.1) is 0 Å². The smallest absolute Gasteiger partial charge is 0.191 e. The van der Waals surface area contributed by atoms with E-state index in [1.807, 2.05) is 25.1 Å². The van der Waals surface area contributed by atoms with Crippen LogP contribution in [0.25, 0.3) is 0 Å². The second kappa shape index (κ2) is 5.80. The van der Waals surface area contributed by atoms with E-state index in [0.29, 0.717) is 6.54 Å². The molecule has 0 aliphatic rings.